The van der Waals surface area contributed by atoms with Crippen molar-refractivity contribution in [2.45, 2.75) is 58.4 Å². The highest BCUT2D eigenvalue weighted by atomic mass is 19.4. The molecule has 1 aromatic heterocycles. The fraction of sp³-hybridized carbons (Fsp3) is 0.455. The molecule has 0 saturated carbocycles. The van der Waals surface area contributed by atoms with E-state index in [1.165, 1.54) is 18.5 Å². The smallest absolute Gasteiger partial charge is 0.416 e. The van der Waals surface area contributed by atoms with Gasteiger partial charge >= 0.3 is 18.2 Å². The number of nitrogens with zero attached hydrogens (tertiary/aromatic N) is 2. The Morgan fingerprint density at radius 1 is 1.09 bits per heavy atom. The molecule has 0 saturated heterocycles. The van der Waals surface area contributed by atoms with Gasteiger partial charge in [0.2, 0.25) is 6.10 Å². The zero-order valence-corrected chi connectivity index (χ0v) is 18.1. The maximum atomic E-state index is 12.9. The van der Waals surface area contributed by atoms with E-state index < -0.39 is 36.0 Å². The van der Waals surface area contributed by atoms with E-state index in [4.69, 9.17) is 9.47 Å². The third-order valence-corrected chi connectivity index (χ3v) is 4.43. The number of amides is 1. The molecule has 0 aliphatic rings. The minimum atomic E-state index is -4.41. The molecule has 0 aliphatic carbocycles. The SMILES string of the molecule is CCc1cc(C(F)(F)F)ccc1CCNC(=O)OC(Cc1ncccn1)C(=O)OC(C)C. The lowest BCUT2D eigenvalue weighted by atomic mass is 9.99. The van der Waals surface area contributed by atoms with E-state index in [-0.39, 0.29) is 13.0 Å². The van der Waals surface area contributed by atoms with E-state index in [1.54, 1.807) is 26.8 Å². The highest BCUT2D eigenvalue weighted by Gasteiger charge is 2.31. The van der Waals surface area contributed by atoms with E-state index in [1.807, 2.05) is 0 Å². The number of aryl methyl sites for hydroxylation is 1. The number of aromatic nitrogens is 2. The number of hydrogen-bond acceptors (Lipinski definition) is 6. The molecule has 0 bridgehead atoms. The topological polar surface area (TPSA) is 90.4 Å². The number of alkyl halides is 3. The molecule has 1 aromatic carbocycles. The summed E-state index contributed by atoms with van der Waals surface area (Å²) in [5.41, 5.74) is 0.531. The molecule has 0 radical (unpaired) electrons. The van der Waals surface area contributed by atoms with Crippen LogP contribution in [0.2, 0.25) is 0 Å². The fourth-order valence-corrected chi connectivity index (χ4v) is 2.93. The number of carbonyl (C=O) groups excluding carboxylic acids is 2. The number of nitrogens with one attached hydrogen (secondary N) is 1. The number of esters is 1. The number of carbonyl (C=O) groups is 2. The van der Waals surface area contributed by atoms with Gasteiger partial charge in [-0.15, -0.1) is 0 Å². The van der Waals surface area contributed by atoms with Gasteiger partial charge in [0.15, 0.2) is 0 Å². The van der Waals surface area contributed by atoms with Crippen LogP contribution in [0.3, 0.4) is 0 Å². The summed E-state index contributed by atoms with van der Waals surface area (Å²) in [6.07, 6.45) is -3.23. The van der Waals surface area contributed by atoms with Crippen molar-refractivity contribution in [3.8, 4) is 0 Å². The second-order valence-corrected chi connectivity index (χ2v) is 7.26. The van der Waals surface area contributed by atoms with Crippen molar-refractivity contribution < 1.29 is 32.2 Å². The van der Waals surface area contributed by atoms with Crippen molar-refractivity contribution in [1.29, 1.82) is 0 Å². The third kappa shape index (κ3) is 7.82. The highest BCUT2D eigenvalue weighted by Crippen LogP contribution is 2.30. The summed E-state index contributed by atoms with van der Waals surface area (Å²) in [4.78, 5) is 32.6. The van der Waals surface area contributed by atoms with Crippen molar-refractivity contribution in [2.24, 2.45) is 0 Å². The number of alkyl carbamates (subject to hydrolysis) is 1. The highest BCUT2D eigenvalue weighted by molar-refractivity contribution is 5.79. The molecule has 1 N–H and O–H groups in total. The van der Waals surface area contributed by atoms with Crippen molar-refractivity contribution in [3.63, 3.8) is 0 Å². The maximum Gasteiger partial charge on any atom is 0.416 e. The molecule has 10 heteroatoms. The number of ether oxygens (including phenoxy) is 2. The third-order valence-electron chi connectivity index (χ3n) is 4.43. The van der Waals surface area contributed by atoms with Crippen molar-refractivity contribution >= 4 is 12.1 Å². The first kappa shape index (κ1) is 25.1. The van der Waals surface area contributed by atoms with Gasteiger partial charge in [-0.25, -0.2) is 19.6 Å². The molecule has 2 rings (SSSR count). The van der Waals surface area contributed by atoms with Crippen LogP contribution in [0.15, 0.2) is 36.7 Å². The molecule has 0 spiro atoms. The molecular formula is C22H26F3N3O4. The van der Waals surface area contributed by atoms with E-state index in [2.05, 4.69) is 15.3 Å². The summed E-state index contributed by atoms with van der Waals surface area (Å²) in [5.74, 6) is -0.415. The van der Waals surface area contributed by atoms with Crippen molar-refractivity contribution in [2.75, 3.05) is 6.54 Å². The second-order valence-electron chi connectivity index (χ2n) is 7.26. The van der Waals surface area contributed by atoms with Crippen LogP contribution in [-0.2, 0) is 39.7 Å². The lowest BCUT2D eigenvalue weighted by Gasteiger charge is -2.18. The molecule has 7 nitrogen and oxygen atoms in total. The predicted octanol–water partition coefficient (Wildman–Crippen LogP) is 3.89. The van der Waals surface area contributed by atoms with E-state index in [9.17, 15) is 22.8 Å². The summed E-state index contributed by atoms with van der Waals surface area (Å²) in [6, 6.07) is 5.16. The van der Waals surface area contributed by atoms with E-state index in [0.717, 1.165) is 12.1 Å². The summed E-state index contributed by atoms with van der Waals surface area (Å²) >= 11 is 0. The minimum absolute atomic E-state index is 0.0568. The van der Waals surface area contributed by atoms with Crippen LogP contribution >= 0.6 is 0 Å². The molecule has 174 valence electrons. The van der Waals surface area contributed by atoms with Gasteiger partial charge in [0, 0.05) is 18.9 Å². The number of hydrogen-bond donors (Lipinski definition) is 1. The molecule has 1 heterocycles. The Kier molecular flexibility index (Phi) is 8.98. The zero-order chi connectivity index (χ0) is 23.7. The van der Waals surface area contributed by atoms with Crippen LogP contribution < -0.4 is 5.32 Å². The van der Waals surface area contributed by atoms with Crippen LogP contribution in [0.4, 0.5) is 18.0 Å². The van der Waals surface area contributed by atoms with Crippen LogP contribution in [0.5, 0.6) is 0 Å². The van der Waals surface area contributed by atoms with Gasteiger partial charge in [-0.05, 0) is 56.0 Å². The van der Waals surface area contributed by atoms with Gasteiger partial charge in [-0.2, -0.15) is 13.2 Å². The van der Waals surface area contributed by atoms with Gasteiger partial charge in [0.05, 0.1) is 18.1 Å². The second kappa shape index (κ2) is 11.4. The van der Waals surface area contributed by atoms with Crippen LogP contribution in [-0.4, -0.2) is 40.8 Å². The average Bonchev–Trinajstić information content (AvgIpc) is 2.73. The molecular weight excluding hydrogens is 427 g/mol. The Labute approximate surface area is 184 Å². The monoisotopic (exact) mass is 453 g/mol. The Morgan fingerprint density at radius 3 is 2.38 bits per heavy atom. The molecule has 0 fully saturated rings. The Balaban J connectivity index is 1.97. The van der Waals surface area contributed by atoms with Gasteiger partial charge < -0.3 is 14.8 Å². The van der Waals surface area contributed by atoms with Crippen molar-refractivity contribution in [3.05, 3.63) is 59.2 Å². The summed E-state index contributed by atoms with van der Waals surface area (Å²) < 4.78 is 49.0. The number of halogens is 3. The lowest BCUT2D eigenvalue weighted by Crippen LogP contribution is -2.37. The van der Waals surface area contributed by atoms with E-state index in [0.29, 0.717) is 29.8 Å². The normalized spacial score (nSPS) is 12.3. The van der Waals surface area contributed by atoms with Gasteiger partial charge in [0.1, 0.15) is 5.82 Å². The van der Waals surface area contributed by atoms with Gasteiger partial charge in [-0.3, -0.25) is 0 Å². The Bertz CT molecular complexity index is 905. The molecule has 1 atom stereocenters. The largest absolute Gasteiger partial charge is 0.460 e. The van der Waals surface area contributed by atoms with E-state index >= 15 is 0 Å². The molecule has 2 aromatic rings. The van der Waals surface area contributed by atoms with Crippen LogP contribution in [0, 0.1) is 0 Å². The molecule has 1 unspecified atom stereocenters. The van der Waals surface area contributed by atoms with Gasteiger partial charge in [-0.1, -0.05) is 13.0 Å². The van der Waals surface area contributed by atoms with Crippen molar-refractivity contribution in [1.82, 2.24) is 15.3 Å². The maximum absolute atomic E-state index is 12.9. The zero-order valence-electron chi connectivity index (χ0n) is 18.1. The van der Waals surface area contributed by atoms with Crippen LogP contribution in [0.1, 0.15) is 43.3 Å². The summed E-state index contributed by atoms with van der Waals surface area (Å²) in [6.45, 7) is 5.22. The van der Waals surface area contributed by atoms with Crippen LogP contribution in [0.25, 0.3) is 0 Å². The lowest BCUT2D eigenvalue weighted by molar-refractivity contribution is -0.157. The molecule has 1 amide bonds. The Morgan fingerprint density at radius 2 is 1.78 bits per heavy atom. The first-order chi connectivity index (χ1) is 15.1. The standard InChI is InChI=1S/C22H26F3N3O4/c1-4-15-12-17(22(23,24)25)7-6-16(15)8-11-28-21(30)32-18(20(29)31-14(2)3)13-19-26-9-5-10-27-19/h5-7,9-10,12,14,18H,4,8,11,13H2,1-3H3,(H,28,30). The first-order valence-corrected chi connectivity index (χ1v) is 10.2. The molecule has 32 heavy (non-hydrogen) atoms. The minimum Gasteiger partial charge on any atom is -0.460 e. The quantitative estimate of drug-likeness (QED) is 0.580. The van der Waals surface area contributed by atoms with Gasteiger partial charge in [0.25, 0.3) is 0 Å². The average molecular weight is 453 g/mol. The number of rotatable bonds is 9. The predicted molar refractivity (Wildman–Crippen MR) is 110 cm³/mol. The first-order valence-electron chi connectivity index (χ1n) is 10.2. The Hall–Kier alpha value is -3.17. The molecule has 0 aliphatic heterocycles. The summed E-state index contributed by atoms with van der Waals surface area (Å²) in [5, 5.41) is 2.52. The summed E-state index contributed by atoms with van der Waals surface area (Å²) in [7, 11) is 0. The number of benzene rings is 1. The fourth-order valence-electron chi connectivity index (χ4n) is 2.93.